The normalized spacial score (nSPS) is 10.2. The van der Waals surface area contributed by atoms with Gasteiger partial charge in [-0.05, 0) is 48.5 Å². The predicted octanol–water partition coefficient (Wildman–Crippen LogP) is 3.19. The van der Waals surface area contributed by atoms with Crippen LogP contribution in [0, 0.1) is 0 Å². The van der Waals surface area contributed by atoms with Crippen LogP contribution in [0.2, 0.25) is 0 Å². The summed E-state index contributed by atoms with van der Waals surface area (Å²) in [5.74, 6) is 1.24. The number of carbonyl (C=O) groups is 1. The molecule has 24 heavy (non-hydrogen) atoms. The van der Waals surface area contributed by atoms with Gasteiger partial charge in [0.25, 0.3) is 5.91 Å². The summed E-state index contributed by atoms with van der Waals surface area (Å²) in [5.41, 5.74) is 11.9. The smallest absolute Gasteiger partial charge is 0.255 e. The third-order valence-corrected chi connectivity index (χ3v) is 3.50. The molecular formula is C19H18N3O2+. The van der Waals surface area contributed by atoms with Crippen molar-refractivity contribution in [1.29, 1.82) is 0 Å². The van der Waals surface area contributed by atoms with Gasteiger partial charge in [0.05, 0.1) is 5.69 Å². The van der Waals surface area contributed by atoms with Crippen molar-refractivity contribution in [3.8, 4) is 11.5 Å². The Bertz CT molecular complexity index is 846. The maximum atomic E-state index is 12.2. The molecule has 0 heterocycles. The van der Waals surface area contributed by atoms with Crippen LogP contribution < -0.4 is 21.5 Å². The number of hydrogen-bond donors (Lipinski definition) is 3. The molecule has 0 aliphatic carbocycles. The maximum absolute atomic E-state index is 12.2. The van der Waals surface area contributed by atoms with Gasteiger partial charge in [-0.2, -0.15) is 0 Å². The molecule has 0 aliphatic heterocycles. The number of hydrogen-bond acceptors (Lipinski definition) is 3. The Kier molecular flexibility index (Phi) is 4.45. The van der Waals surface area contributed by atoms with Gasteiger partial charge in [0, 0.05) is 17.3 Å². The number of ether oxygens (including phenoxy) is 1. The van der Waals surface area contributed by atoms with Crippen LogP contribution in [-0.2, 0) is 0 Å². The topological polar surface area (TPSA) is 92.0 Å². The SMILES string of the molecule is Nc1cc(C(=O)Nc2ccc(Oc3ccccc3)cc2)ccc1[NH3+]. The number of carbonyl (C=O) groups excluding carboxylic acids is 1. The zero-order valence-electron chi connectivity index (χ0n) is 13.0. The third kappa shape index (κ3) is 3.71. The minimum atomic E-state index is -0.224. The highest BCUT2D eigenvalue weighted by atomic mass is 16.5. The Morgan fingerprint density at radius 2 is 1.58 bits per heavy atom. The highest BCUT2D eigenvalue weighted by molar-refractivity contribution is 6.05. The number of nitrogen functional groups attached to an aromatic ring is 1. The molecule has 0 unspecified atom stereocenters. The van der Waals surface area contributed by atoms with Gasteiger partial charge in [-0.15, -0.1) is 0 Å². The fourth-order valence-corrected chi connectivity index (χ4v) is 2.17. The summed E-state index contributed by atoms with van der Waals surface area (Å²) in [5, 5.41) is 2.83. The van der Waals surface area contributed by atoms with Gasteiger partial charge in [0.2, 0.25) is 0 Å². The van der Waals surface area contributed by atoms with Crippen molar-refractivity contribution in [1.82, 2.24) is 0 Å². The lowest BCUT2D eigenvalue weighted by molar-refractivity contribution is -0.253. The molecule has 0 fully saturated rings. The fourth-order valence-electron chi connectivity index (χ4n) is 2.17. The lowest BCUT2D eigenvalue weighted by Gasteiger charge is -2.08. The van der Waals surface area contributed by atoms with Crippen LogP contribution in [-0.4, -0.2) is 5.91 Å². The van der Waals surface area contributed by atoms with Crippen LogP contribution >= 0.6 is 0 Å². The molecular weight excluding hydrogens is 302 g/mol. The minimum Gasteiger partial charge on any atom is -0.457 e. The van der Waals surface area contributed by atoms with Crippen molar-refractivity contribution in [3.05, 3.63) is 78.4 Å². The first-order chi connectivity index (χ1) is 11.6. The van der Waals surface area contributed by atoms with Crippen LogP contribution in [0.15, 0.2) is 72.8 Å². The second-order valence-corrected chi connectivity index (χ2v) is 5.31. The second-order valence-electron chi connectivity index (χ2n) is 5.31. The first kappa shape index (κ1) is 15.6. The van der Waals surface area contributed by atoms with Crippen molar-refractivity contribution >= 4 is 23.0 Å². The summed E-state index contributed by atoms with van der Waals surface area (Å²) in [7, 11) is 0. The number of anilines is 2. The van der Waals surface area contributed by atoms with Crippen molar-refractivity contribution in [3.63, 3.8) is 0 Å². The summed E-state index contributed by atoms with van der Waals surface area (Å²) < 4.78 is 5.72. The van der Waals surface area contributed by atoms with E-state index in [1.54, 1.807) is 42.5 Å². The van der Waals surface area contributed by atoms with Gasteiger partial charge in [0.15, 0.2) is 5.69 Å². The number of amides is 1. The number of benzene rings is 3. The molecule has 120 valence electrons. The molecule has 1 amide bonds. The van der Waals surface area contributed by atoms with Crippen molar-refractivity contribution in [2.75, 3.05) is 11.1 Å². The number of rotatable bonds is 4. The van der Waals surface area contributed by atoms with E-state index in [-0.39, 0.29) is 5.91 Å². The van der Waals surface area contributed by atoms with E-state index in [0.717, 1.165) is 5.75 Å². The van der Waals surface area contributed by atoms with Gasteiger partial charge < -0.3 is 21.5 Å². The highest BCUT2D eigenvalue weighted by Crippen LogP contribution is 2.23. The van der Waals surface area contributed by atoms with E-state index in [0.29, 0.717) is 28.4 Å². The summed E-state index contributed by atoms with van der Waals surface area (Å²) in [6.07, 6.45) is 0. The molecule has 3 aromatic rings. The summed E-state index contributed by atoms with van der Waals surface area (Å²) in [4.78, 5) is 12.2. The van der Waals surface area contributed by atoms with Gasteiger partial charge in [0.1, 0.15) is 11.5 Å². The molecule has 0 radical (unpaired) electrons. The summed E-state index contributed by atoms with van der Waals surface area (Å²) >= 11 is 0. The standard InChI is InChI=1S/C19H17N3O2/c20-17-11-6-13(12-18(17)21)19(23)22-14-7-9-16(10-8-14)24-15-4-2-1-3-5-15/h1-12H,20-21H2,(H,22,23)/p+1. The van der Waals surface area contributed by atoms with Gasteiger partial charge in [-0.1, -0.05) is 18.2 Å². The molecule has 6 N–H and O–H groups in total. The van der Waals surface area contributed by atoms with E-state index in [4.69, 9.17) is 10.5 Å². The Hall–Kier alpha value is -3.31. The predicted molar refractivity (Wildman–Crippen MR) is 94.3 cm³/mol. The lowest BCUT2D eigenvalue weighted by atomic mass is 10.1. The van der Waals surface area contributed by atoms with E-state index in [2.05, 4.69) is 11.1 Å². The second kappa shape index (κ2) is 6.85. The molecule has 0 spiro atoms. The first-order valence-electron chi connectivity index (χ1n) is 7.47. The quantitative estimate of drug-likeness (QED) is 0.645. The van der Waals surface area contributed by atoms with Crippen LogP contribution in [0.5, 0.6) is 11.5 Å². The molecule has 5 nitrogen and oxygen atoms in total. The Morgan fingerprint density at radius 3 is 2.25 bits per heavy atom. The lowest BCUT2D eigenvalue weighted by Crippen LogP contribution is -2.41. The van der Waals surface area contributed by atoms with Gasteiger partial charge in [-0.25, -0.2) is 0 Å². The first-order valence-corrected chi connectivity index (χ1v) is 7.47. The van der Waals surface area contributed by atoms with E-state index >= 15 is 0 Å². The molecule has 0 aromatic heterocycles. The summed E-state index contributed by atoms with van der Waals surface area (Å²) in [6, 6.07) is 21.7. The molecule has 0 saturated heterocycles. The van der Waals surface area contributed by atoms with E-state index < -0.39 is 0 Å². The Balaban J connectivity index is 1.67. The van der Waals surface area contributed by atoms with Crippen LogP contribution in [0.3, 0.4) is 0 Å². The number of nitrogens with two attached hydrogens (primary N) is 1. The minimum absolute atomic E-state index is 0.224. The van der Waals surface area contributed by atoms with E-state index in [9.17, 15) is 4.79 Å². The van der Waals surface area contributed by atoms with Gasteiger partial charge in [-0.3, -0.25) is 4.79 Å². The van der Waals surface area contributed by atoms with Crippen molar-refractivity contribution in [2.45, 2.75) is 0 Å². The molecule has 3 aromatic carbocycles. The molecule has 0 saturated carbocycles. The number of para-hydroxylation sites is 1. The maximum Gasteiger partial charge on any atom is 0.255 e. The Morgan fingerprint density at radius 1 is 0.917 bits per heavy atom. The average Bonchev–Trinajstić information content (AvgIpc) is 2.60. The largest absolute Gasteiger partial charge is 0.457 e. The van der Waals surface area contributed by atoms with Gasteiger partial charge >= 0.3 is 0 Å². The van der Waals surface area contributed by atoms with E-state index in [1.165, 1.54) is 0 Å². The molecule has 0 aliphatic rings. The molecule has 3 rings (SSSR count). The average molecular weight is 320 g/mol. The molecule has 0 atom stereocenters. The molecule has 0 bridgehead atoms. The number of quaternary nitrogens is 1. The zero-order chi connectivity index (χ0) is 16.9. The highest BCUT2D eigenvalue weighted by Gasteiger charge is 2.09. The Labute approximate surface area is 139 Å². The van der Waals surface area contributed by atoms with Crippen LogP contribution in [0.1, 0.15) is 10.4 Å². The van der Waals surface area contributed by atoms with Crippen molar-refractivity contribution in [2.24, 2.45) is 0 Å². The monoisotopic (exact) mass is 320 g/mol. The van der Waals surface area contributed by atoms with Crippen LogP contribution in [0.25, 0.3) is 0 Å². The van der Waals surface area contributed by atoms with Crippen LogP contribution in [0.4, 0.5) is 17.1 Å². The van der Waals surface area contributed by atoms with E-state index in [1.807, 2.05) is 30.3 Å². The summed E-state index contributed by atoms with van der Waals surface area (Å²) in [6.45, 7) is 0. The zero-order valence-corrected chi connectivity index (χ0v) is 13.0. The third-order valence-electron chi connectivity index (χ3n) is 3.50. The number of nitrogens with one attached hydrogen (secondary N) is 1. The fraction of sp³-hybridized carbons (Fsp3) is 0. The molecule has 5 heteroatoms. The van der Waals surface area contributed by atoms with Crippen molar-refractivity contribution < 1.29 is 15.3 Å².